The van der Waals surface area contributed by atoms with E-state index in [1.165, 1.54) is 0 Å². The molecule has 0 aromatic carbocycles. The van der Waals surface area contributed by atoms with E-state index in [1.807, 2.05) is 18.5 Å². The van der Waals surface area contributed by atoms with Crippen LogP contribution >= 0.6 is 15.9 Å². The van der Waals surface area contributed by atoms with Gasteiger partial charge in [-0.2, -0.15) is 5.10 Å². The zero-order valence-corrected chi connectivity index (χ0v) is 13.5. The van der Waals surface area contributed by atoms with Crippen molar-refractivity contribution in [2.75, 3.05) is 13.2 Å². The lowest BCUT2D eigenvalue weighted by molar-refractivity contribution is 0.150. The molecule has 1 aromatic heterocycles. The van der Waals surface area contributed by atoms with Crippen molar-refractivity contribution in [1.29, 1.82) is 0 Å². The van der Waals surface area contributed by atoms with Gasteiger partial charge in [-0.1, -0.05) is 6.92 Å². The van der Waals surface area contributed by atoms with Gasteiger partial charge in [0.25, 0.3) is 0 Å². The summed E-state index contributed by atoms with van der Waals surface area (Å²) in [4.78, 5) is 0. The summed E-state index contributed by atoms with van der Waals surface area (Å²) in [6.07, 6.45) is 0.839. The number of hydrogen-bond acceptors (Lipinski definition) is 3. The third kappa shape index (κ3) is 3.33. The number of aryl methyl sites for hydroxylation is 1. The van der Waals surface area contributed by atoms with Crippen molar-refractivity contribution in [3.05, 3.63) is 15.9 Å². The lowest BCUT2D eigenvalue weighted by Gasteiger charge is -2.31. The molecule has 2 unspecified atom stereocenters. The Morgan fingerprint density at radius 1 is 1.50 bits per heavy atom. The van der Waals surface area contributed by atoms with Gasteiger partial charge >= 0.3 is 0 Å². The number of hydrogen-bond donors (Lipinski definition) is 2. The third-order valence-corrected chi connectivity index (χ3v) is 4.50. The Kier molecular flexibility index (Phi) is 5.37. The Bertz CT molecular complexity index is 405. The average molecular weight is 318 g/mol. The van der Waals surface area contributed by atoms with Gasteiger partial charge in [0.05, 0.1) is 28.5 Å². The minimum absolute atomic E-state index is 0.131. The number of nitrogens with one attached hydrogen (secondary N) is 1. The molecule has 0 fully saturated rings. The second-order valence-corrected chi connectivity index (χ2v) is 6.02. The van der Waals surface area contributed by atoms with Crippen molar-refractivity contribution in [1.82, 2.24) is 15.1 Å². The minimum atomic E-state index is -0.257. The van der Waals surface area contributed by atoms with Crippen molar-refractivity contribution in [2.24, 2.45) is 0 Å². The summed E-state index contributed by atoms with van der Waals surface area (Å²) in [5, 5.41) is 17.4. The van der Waals surface area contributed by atoms with Gasteiger partial charge in [0.2, 0.25) is 0 Å². The summed E-state index contributed by atoms with van der Waals surface area (Å²) in [5.74, 6) is 0. The number of aliphatic hydroxyl groups excluding tert-OH is 1. The van der Waals surface area contributed by atoms with Gasteiger partial charge in [0.1, 0.15) is 0 Å². The summed E-state index contributed by atoms with van der Waals surface area (Å²) in [7, 11) is 0. The molecule has 0 bridgehead atoms. The Balaban J connectivity index is 2.87. The summed E-state index contributed by atoms with van der Waals surface area (Å²) in [6, 6.07) is 0.242. The molecule has 5 heteroatoms. The lowest BCUT2D eigenvalue weighted by Crippen LogP contribution is -2.47. The standard InChI is InChI=1S/C13H24BrN3O/c1-6-15-13(5,8-18)7-9(2)17-11(4)12(14)10(3)16-17/h9,15,18H,6-8H2,1-5H3. The molecule has 0 saturated heterocycles. The van der Waals surface area contributed by atoms with Crippen molar-refractivity contribution in [2.45, 2.75) is 52.6 Å². The van der Waals surface area contributed by atoms with E-state index in [0.717, 1.165) is 28.8 Å². The van der Waals surface area contributed by atoms with E-state index in [4.69, 9.17) is 0 Å². The van der Waals surface area contributed by atoms with Gasteiger partial charge in [-0.15, -0.1) is 0 Å². The van der Waals surface area contributed by atoms with Crippen LogP contribution in [-0.4, -0.2) is 33.6 Å². The Labute approximate surface area is 118 Å². The van der Waals surface area contributed by atoms with Crippen molar-refractivity contribution in [3.63, 3.8) is 0 Å². The monoisotopic (exact) mass is 317 g/mol. The predicted molar refractivity (Wildman–Crippen MR) is 77.9 cm³/mol. The van der Waals surface area contributed by atoms with Gasteiger partial charge < -0.3 is 10.4 Å². The number of likely N-dealkylation sites (N-methyl/N-ethyl adjacent to an activating group) is 1. The van der Waals surface area contributed by atoms with Crippen LogP contribution in [0.4, 0.5) is 0 Å². The van der Waals surface area contributed by atoms with Crippen LogP contribution in [0.1, 0.15) is 44.6 Å². The highest BCUT2D eigenvalue weighted by Crippen LogP contribution is 2.26. The lowest BCUT2D eigenvalue weighted by atomic mass is 9.94. The van der Waals surface area contributed by atoms with E-state index in [9.17, 15) is 5.11 Å². The zero-order valence-electron chi connectivity index (χ0n) is 11.9. The van der Waals surface area contributed by atoms with Crippen LogP contribution in [0.2, 0.25) is 0 Å². The van der Waals surface area contributed by atoms with Crippen LogP contribution in [0.25, 0.3) is 0 Å². The SMILES string of the molecule is CCNC(C)(CO)CC(C)n1nc(C)c(Br)c1C. The maximum absolute atomic E-state index is 9.54. The van der Waals surface area contributed by atoms with Crippen molar-refractivity contribution >= 4 is 15.9 Å². The molecular weight excluding hydrogens is 294 g/mol. The van der Waals surface area contributed by atoms with E-state index in [2.05, 4.69) is 47.1 Å². The van der Waals surface area contributed by atoms with E-state index in [1.54, 1.807) is 0 Å². The second kappa shape index (κ2) is 6.17. The first-order chi connectivity index (χ1) is 8.34. The predicted octanol–water partition coefficient (Wildman–Crippen LogP) is 2.57. The molecule has 18 heavy (non-hydrogen) atoms. The molecule has 104 valence electrons. The van der Waals surface area contributed by atoms with Gasteiger partial charge in [0, 0.05) is 5.54 Å². The molecule has 2 atom stereocenters. The average Bonchev–Trinajstić information content (AvgIpc) is 2.57. The van der Waals surface area contributed by atoms with E-state index >= 15 is 0 Å². The van der Waals surface area contributed by atoms with Crippen LogP contribution in [-0.2, 0) is 0 Å². The topological polar surface area (TPSA) is 50.1 Å². The van der Waals surface area contributed by atoms with Gasteiger partial charge in [-0.05, 0) is 56.6 Å². The number of rotatable bonds is 6. The van der Waals surface area contributed by atoms with Gasteiger partial charge in [-0.25, -0.2) is 0 Å². The fraction of sp³-hybridized carbons (Fsp3) is 0.769. The molecule has 2 N–H and O–H groups in total. The number of aromatic nitrogens is 2. The largest absolute Gasteiger partial charge is 0.394 e. The normalized spacial score (nSPS) is 16.6. The molecule has 1 heterocycles. The van der Waals surface area contributed by atoms with E-state index in [-0.39, 0.29) is 18.2 Å². The molecule has 4 nitrogen and oxygen atoms in total. The van der Waals surface area contributed by atoms with Gasteiger partial charge in [-0.3, -0.25) is 4.68 Å². The van der Waals surface area contributed by atoms with E-state index < -0.39 is 0 Å². The summed E-state index contributed by atoms with van der Waals surface area (Å²) in [6.45, 7) is 11.3. The quantitative estimate of drug-likeness (QED) is 0.847. The fourth-order valence-electron chi connectivity index (χ4n) is 2.43. The van der Waals surface area contributed by atoms with Crippen LogP contribution < -0.4 is 5.32 Å². The number of aliphatic hydroxyl groups is 1. The first-order valence-corrected chi connectivity index (χ1v) is 7.21. The molecule has 0 aliphatic rings. The van der Waals surface area contributed by atoms with E-state index in [0.29, 0.717) is 0 Å². The summed E-state index contributed by atoms with van der Waals surface area (Å²) < 4.78 is 3.11. The van der Waals surface area contributed by atoms with Crippen LogP contribution in [0.3, 0.4) is 0 Å². The summed E-state index contributed by atoms with van der Waals surface area (Å²) in [5.41, 5.74) is 1.89. The molecule has 1 aromatic rings. The molecule has 0 saturated carbocycles. The maximum Gasteiger partial charge on any atom is 0.0738 e. The fourth-order valence-corrected chi connectivity index (χ4v) is 2.69. The number of halogens is 1. The smallest absolute Gasteiger partial charge is 0.0738 e. The highest BCUT2D eigenvalue weighted by atomic mass is 79.9. The zero-order chi connectivity index (χ0) is 13.9. The molecule has 0 aliphatic heterocycles. The van der Waals surface area contributed by atoms with Crippen molar-refractivity contribution < 1.29 is 5.11 Å². The highest BCUT2D eigenvalue weighted by Gasteiger charge is 2.26. The van der Waals surface area contributed by atoms with Gasteiger partial charge in [0.15, 0.2) is 0 Å². The number of nitrogens with zero attached hydrogens (tertiary/aromatic N) is 2. The Morgan fingerprint density at radius 2 is 2.11 bits per heavy atom. The molecule has 1 rings (SSSR count). The molecule has 0 radical (unpaired) electrons. The van der Waals surface area contributed by atoms with Crippen molar-refractivity contribution in [3.8, 4) is 0 Å². The molecular formula is C13H24BrN3O. The maximum atomic E-state index is 9.54. The molecule has 0 aliphatic carbocycles. The minimum Gasteiger partial charge on any atom is -0.394 e. The first-order valence-electron chi connectivity index (χ1n) is 6.41. The van der Waals surface area contributed by atoms with Crippen LogP contribution in [0, 0.1) is 13.8 Å². The van der Waals surface area contributed by atoms with Crippen LogP contribution in [0.15, 0.2) is 4.47 Å². The first kappa shape index (κ1) is 15.7. The molecule has 0 spiro atoms. The highest BCUT2D eigenvalue weighted by molar-refractivity contribution is 9.10. The summed E-state index contributed by atoms with van der Waals surface area (Å²) >= 11 is 3.55. The molecule has 0 amide bonds. The Morgan fingerprint density at radius 3 is 2.50 bits per heavy atom. The third-order valence-electron chi connectivity index (χ3n) is 3.35. The Hall–Kier alpha value is -0.390. The van der Waals surface area contributed by atoms with Crippen LogP contribution in [0.5, 0.6) is 0 Å². The second-order valence-electron chi connectivity index (χ2n) is 5.23.